The molecule has 6 heteroatoms. The van der Waals surface area contributed by atoms with Gasteiger partial charge >= 0.3 is 0 Å². The summed E-state index contributed by atoms with van der Waals surface area (Å²) in [7, 11) is 0. The zero-order valence-electron chi connectivity index (χ0n) is 9.02. The Bertz CT molecular complexity index is 385. The van der Waals surface area contributed by atoms with Crippen molar-refractivity contribution >= 4 is 17.2 Å². The maximum atomic E-state index is 11.7. The molecule has 0 bridgehead atoms. The minimum Gasteiger partial charge on any atom is -0.386 e. The lowest BCUT2D eigenvalue weighted by Crippen LogP contribution is -2.43. The Morgan fingerprint density at radius 1 is 1.81 bits per heavy atom. The van der Waals surface area contributed by atoms with Crippen LogP contribution < -0.4 is 5.32 Å². The molecule has 1 unspecified atom stereocenters. The Hall–Kier alpha value is -0.980. The van der Waals surface area contributed by atoms with Crippen LogP contribution in [-0.4, -0.2) is 41.4 Å². The van der Waals surface area contributed by atoms with E-state index in [1.807, 2.05) is 6.92 Å². The van der Waals surface area contributed by atoms with Crippen LogP contribution in [0.25, 0.3) is 0 Å². The number of aliphatic hydroxyl groups is 1. The van der Waals surface area contributed by atoms with Crippen LogP contribution in [0.4, 0.5) is 0 Å². The molecule has 1 aliphatic heterocycles. The van der Waals surface area contributed by atoms with Crippen LogP contribution in [0.1, 0.15) is 21.1 Å². The molecule has 1 aliphatic rings. The Morgan fingerprint density at radius 3 is 3.19 bits per heavy atom. The molecule has 0 spiro atoms. The van der Waals surface area contributed by atoms with Crippen LogP contribution in [0.5, 0.6) is 0 Å². The highest BCUT2D eigenvalue weighted by atomic mass is 32.1. The number of carbonyl (C=O) groups is 1. The van der Waals surface area contributed by atoms with Crippen molar-refractivity contribution in [3.8, 4) is 0 Å². The molecule has 0 aromatic carbocycles. The fraction of sp³-hybridized carbons (Fsp3) is 0.600. The predicted molar refractivity (Wildman–Crippen MR) is 59.6 cm³/mol. The Kier molecular flexibility index (Phi) is 3.22. The van der Waals surface area contributed by atoms with Gasteiger partial charge in [0.15, 0.2) is 0 Å². The molecule has 16 heavy (non-hydrogen) atoms. The molecule has 0 aliphatic carbocycles. The zero-order valence-corrected chi connectivity index (χ0v) is 9.84. The molecule has 1 fully saturated rings. The summed E-state index contributed by atoms with van der Waals surface area (Å²) in [5.41, 5.74) is -0.907. The highest BCUT2D eigenvalue weighted by molar-refractivity contribution is 7.13. The summed E-state index contributed by atoms with van der Waals surface area (Å²) >= 11 is 1.34. The lowest BCUT2D eigenvalue weighted by atomic mass is 10.0. The van der Waals surface area contributed by atoms with E-state index in [1.54, 1.807) is 6.20 Å². The summed E-state index contributed by atoms with van der Waals surface area (Å²) in [5.74, 6) is -0.189. The van der Waals surface area contributed by atoms with E-state index in [0.717, 1.165) is 5.01 Å². The number of rotatable bonds is 3. The van der Waals surface area contributed by atoms with E-state index in [0.29, 0.717) is 17.9 Å². The van der Waals surface area contributed by atoms with Crippen molar-refractivity contribution in [3.63, 3.8) is 0 Å². The number of aryl methyl sites for hydroxylation is 1. The van der Waals surface area contributed by atoms with Crippen molar-refractivity contribution in [1.29, 1.82) is 0 Å². The lowest BCUT2D eigenvalue weighted by Gasteiger charge is -2.20. The summed E-state index contributed by atoms with van der Waals surface area (Å²) in [6.45, 7) is 2.91. The molecule has 2 heterocycles. The molecule has 1 saturated heterocycles. The monoisotopic (exact) mass is 242 g/mol. The van der Waals surface area contributed by atoms with Gasteiger partial charge in [-0.15, -0.1) is 11.3 Å². The number of thiazole rings is 1. The topological polar surface area (TPSA) is 71.5 Å². The molecule has 1 atom stereocenters. The van der Waals surface area contributed by atoms with Crippen LogP contribution in [-0.2, 0) is 4.74 Å². The predicted octanol–water partition coefficient (Wildman–Crippen LogP) is 0.333. The average Bonchev–Trinajstić information content (AvgIpc) is 2.85. The fourth-order valence-electron chi connectivity index (χ4n) is 1.53. The number of nitrogens with one attached hydrogen (secondary N) is 1. The lowest BCUT2D eigenvalue weighted by molar-refractivity contribution is 0.0265. The van der Waals surface area contributed by atoms with E-state index >= 15 is 0 Å². The van der Waals surface area contributed by atoms with Crippen LogP contribution in [0, 0.1) is 6.92 Å². The van der Waals surface area contributed by atoms with Crippen molar-refractivity contribution < 1.29 is 14.6 Å². The van der Waals surface area contributed by atoms with Crippen molar-refractivity contribution in [2.45, 2.75) is 18.9 Å². The van der Waals surface area contributed by atoms with Crippen molar-refractivity contribution in [2.75, 3.05) is 19.8 Å². The van der Waals surface area contributed by atoms with Gasteiger partial charge in [0.05, 0.1) is 17.8 Å². The number of hydrogen-bond acceptors (Lipinski definition) is 5. The first-order chi connectivity index (χ1) is 7.59. The van der Waals surface area contributed by atoms with E-state index in [9.17, 15) is 9.90 Å². The summed E-state index contributed by atoms with van der Waals surface area (Å²) < 4.78 is 5.09. The van der Waals surface area contributed by atoms with Crippen molar-refractivity contribution in [3.05, 3.63) is 16.1 Å². The van der Waals surface area contributed by atoms with Crippen LogP contribution >= 0.6 is 11.3 Å². The Labute approximate surface area is 97.5 Å². The normalized spacial score (nSPS) is 24.6. The zero-order chi connectivity index (χ0) is 11.6. The van der Waals surface area contributed by atoms with Gasteiger partial charge in [-0.1, -0.05) is 0 Å². The highest BCUT2D eigenvalue weighted by Crippen LogP contribution is 2.17. The third-order valence-corrected chi connectivity index (χ3v) is 3.42. The molecule has 5 nitrogen and oxygen atoms in total. The van der Waals surface area contributed by atoms with Gasteiger partial charge in [0, 0.05) is 19.6 Å². The fourth-order valence-corrected chi connectivity index (χ4v) is 2.23. The van der Waals surface area contributed by atoms with Crippen LogP contribution in [0.15, 0.2) is 6.20 Å². The molecule has 0 radical (unpaired) electrons. The molecule has 0 saturated carbocycles. The maximum Gasteiger partial charge on any atom is 0.263 e. The number of hydrogen-bond donors (Lipinski definition) is 2. The number of nitrogens with zero attached hydrogens (tertiary/aromatic N) is 1. The summed E-state index contributed by atoms with van der Waals surface area (Å²) in [6, 6.07) is 0. The van der Waals surface area contributed by atoms with Gasteiger partial charge in [-0.25, -0.2) is 4.98 Å². The smallest absolute Gasteiger partial charge is 0.263 e. The van der Waals surface area contributed by atoms with E-state index in [-0.39, 0.29) is 19.1 Å². The van der Waals surface area contributed by atoms with E-state index in [4.69, 9.17) is 4.74 Å². The van der Waals surface area contributed by atoms with E-state index < -0.39 is 5.60 Å². The van der Waals surface area contributed by atoms with Crippen molar-refractivity contribution in [2.24, 2.45) is 0 Å². The third-order valence-electron chi connectivity index (χ3n) is 2.51. The molecule has 1 aromatic rings. The first-order valence-electron chi connectivity index (χ1n) is 5.10. The molecular formula is C10H14N2O3S. The molecule has 1 amide bonds. The number of amides is 1. The van der Waals surface area contributed by atoms with Gasteiger partial charge in [-0.3, -0.25) is 4.79 Å². The largest absolute Gasteiger partial charge is 0.386 e. The average molecular weight is 242 g/mol. The van der Waals surface area contributed by atoms with E-state index in [1.165, 1.54) is 11.3 Å². The van der Waals surface area contributed by atoms with Crippen molar-refractivity contribution in [1.82, 2.24) is 10.3 Å². The highest BCUT2D eigenvalue weighted by Gasteiger charge is 2.32. The molecule has 88 valence electrons. The second-order valence-corrected chi connectivity index (χ2v) is 5.19. The molecule has 2 rings (SSSR count). The molecule has 1 aromatic heterocycles. The second kappa shape index (κ2) is 4.48. The van der Waals surface area contributed by atoms with Crippen LogP contribution in [0.3, 0.4) is 0 Å². The number of aromatic nitrogens is 1. The van der Waals surface area contributed by atoms with Gasteiger partial charge in [-0.05, 0) is 6.92 Å². The first kappa shape index (κ1) is 11.5. The van der Waals surface area contributed by atoms with Crippen LogP contribution in [0.2, 0.25) is 0 Å². The van der Waals surface area contributed by atoms with Gasteiger partial charge in [-0.2, -0.15) is 0 Å². The minimum atomic E-state index is -0.907. The Balaban J connectivity index is 1.88. The first-order valence-corrected chi connectivity index (χ1v) is 5.91. The molecular weight excluding hydrogens is 228 g/mol. The number of ether oxygens (including phenoxy) is 1. The summed E-state index contributed by atoms with van der Waals surface area (Å²) in [6.07, 6.45) is 2.11. The quantitative estimate of drug-likeness (QED) is 0.801. The summed E-state index contributed by atoms with van der Waals surface area (Å²) in [5, 5.41) is 13.5. The SMILES string of the molecule is Cc1ncc(C(=O)NCC2(O)CCOC2)s1. The third kappa shape index (κ3) is 2.58. The standard InChI is InChI=1S/C10H14N2O3S/c1-7-11-4-8(16-7)9(13)12-5-10(14)2-3-15-6-10/h4,14H,2-3,5-6H2,1H3,(H,12,13). The Morgan fingerprint density at radius 2 is 2.62 bits per heavy atom. The summed E-state index contributed by atoms with van der Waals surface area (Å²) in [4.78, 5) is 16.2. The molecule has 2 N–H and O–H groups in total. The van der Waals surface area contributed by atoms with Gasteiger partial charge < -0.3 is 15.2 Å². The van der Waals surface area contributed by atoms with Gasteiger partial charge in [0.1, 0.15) is 10.5 Å². The van der Waals surface area contributed by atoms with E-state index in [2.05, 4.69) is 10.3 Å². The minimum absolute atomic E-state index is 0.189. The maximum absolute atomic E-state index is 11.7. The van der Waals surface area contributed by atoms with Gasteiger partial charge in [0.2, 0.25) is 0 Å². The van der Waals surface area contributed by atoms with Gasteiger partial charge in [0.25, 0.3) is 5.91 Å². The number of carbonyl (C=O) groups excluding carboxylic acids is 1. The second-order valence-electron chi connectivity index (χ2n) is 3.95.